The summed E-state index contributed by atoms with van der Waals surface area (Å²) >= 11 is 0. The predicted molar refractivity (Wildman–Crippen MR) is 144 cm³/mol. The topological polar surface area (TPSA) is 79.4 Å². The lowest BCUT2D eigenvalue weighted by Crippen LogP contribution is -2.48. The number of anilines is 1. The van der Waals surface area contributed by atoms with Crippen LogP contribution in [0.2, 0.25) is 0 Å². The minimum Gasteiger partial charge on any atom is -0.497 e. The van der Waals surface area contributed by atoms with Crippen LogP contribution < -0.4 is 14.4 Å². The molecule has 0 aliphatic carbocycles. The molecule has 196 valence electrons. The van der Waals surface area contributed by atoms with Gasteiger partial charge in [0.2, 0.25) is 10.0 Å². The number of piperazine rings is 1. The number of benzene rings is 3. The number of hydrogen-bond acceptors (Lipinski definition) is 6. The van der Waals surface area contributed by atoms with Crippen LogP contribution in [0.1, 0.15) is 21.5 Å². The van der Waals surface area contributed by atoms with Crippen LogP contribution in [-0.2, 0) is 16.6 Å². The van der Waals surface area contributed by atoms with Gasteiger partial charge in [0.15, 0.2) is 0 Å². The highest BCUT2D eigenvalue weighted by molar-refractivity contribution is 7.89. The van der Waals surface area contributed by atoms with Crippen molar-refractivity contribution in [3.8, 4) is 11.5 Å². The summed E-state index contributed by atoms with van der Waals surface area (Å²) in [7, 11) is 1.01. The second-order valence-electron chi connectivity index (χ2n) is 9.08. The van der Waals surface area contributed by atoms with Crippen LogP contribution >= 0.6 is 0 Å². The Morgan fingerprint density at radius 2 is 1.54 bits per heavy atom. The Hall–Kier alpha value is -3.56. The molecule has 8 nitrogen and oxygen atoms in total. The number of nitrogens with zero attached hydrogens (tertiary/aromatic N) is 3. The van der Waals surface area contributed by atoms with Crippen LogP contribution in [0, 0.1) is 6.92 Å². The Bertz CT molecular complexity index is 1330. The number of hydrogen-bond donors (Lipinski definition) is 0. The summed E-state index contributed by atoms with van der Waals surface area (Å²) in [4.78, 5) is 17.6. The summed E-state index contributed by atoms with van der Waals surface area (Å²) in [6, 6.07) is 19.8. The zero-order valence-electron chi connectivity index (χ0n) is 21.7. The van der Waals surface area contributed by atoms with Gasteiger partial charge in [-0.2, -0.15) is 4.31 Å². The summed E-state index contributed by atoms with van der Waals surface area (Å²) in [6.45, 7) is 4.61. The number of carbonyl (C=O) groups is 1. The molecule has 1 saturated heterocycles. The number of aryl methyl sites for hydroxylation is 1. The van der Waals surface area contributed by atoms with Crippen molar-refractivity contribution in [3.63, 3.8) is 0 Å². The first kappa shape index (κ1) is 26.5. The van der Waals surface area contributed by atoms with Crippen molar-refractivity contribution in [3.05, 3.63) is 83.4 Å². The van der Waals surface area contributed by atoms with E-state index in [4.69, 9.17) is 9.47 Å². The summed E-state index contributed by atoms with van der Waals surface area (Å²) in [5.74, 6) is 1.26. The van der Waals surface area contributed by atoms with E-state index >= 15 is 0 Å². The van der Waals surface area contributed by atoms with Gasteiger partial charge >= 0.3 is 0 Å². The van der Waals surface area contributed by atoms with E-state index in [1.807, 2.05) is 36.1 Å². The molecule has 0 radical (unpaired) electrons. The molecule has 3 aromatic carbocycles. The first-order chi connectivity index (χ1) is 17.7. The van der Waals surface area contributed by atoms with Gasteiger partial charge in [0.05, 0.1) is 19.1 Å². The maximum atomic E-state index is 13.3. The van der Waals surface area contributed by atoms with Crippen molar-refractivity contribution in [2.75, 3.05) is 52.3 Å². The van der Waals surface area contributed by atoms with Crippen LogP contribution in [0.25, 0.3) is 0 Å². The van der Waals surface area contributed by atoms with Crippen molar-refractivity contribution in [1.29, 1.82) is 0 Å². The Labute approximate surface area is 219 Å². The maximum absolute atomic E-state index is 13.3. The van der Waals surface area contributed by atoms with Gasteiger partial charge in [-0.05, 0) is 61.5 Å². The highest BCUT2D eigenvalue weighted by Gasteiger charge is 2.25. The second kappa shape index (κ2) is 11.2. The molecule has 0 bridgehead atoms. The van der Waals surface area contributed by atoms with Crippen molar-refractivity contribution in [2.24, 2.45) is 0 Å². The van der Waals surface area contributed by atoms with Gasteiger partial charge in [0, 0.05) is 56.6 Å². The zero-order valence-corrected chi connectivity index (χ0v) is 22.5. The lowest BCUT2D eigenvalue weighted by Gasteiger charge is -2.36. The van der Waals surface area contributed by atoms with Gasteiger partial charge in [-0.3, -0.25) is 4.79 Å². The molecular weight excluding hydrogens is 490 g/mol. The largest absolute Gasteiger partial charge is 0.497 e. The molecule has 9 heteroatoms. The van der Waals surface area contributed by atoms with Gasteiger partial charge in [-0.15, -0.1) is 0 Å². The first-order valence-electron chi connectivity index (χ1n) is 12.1. The molecule has 1 heterocycles. The smallest absolute Gasteiger partial charge is 0.253 e. The summed E-state index contributed by atoms with van der Waals surface area (Å²) in [5, 5.41) is 0. The summed E-state index contributed by atoms with van der Waals surface area (Å²) in [6.07, 6.45) is 0. The molecule has 1 amide bonds. The van der Waals surface area contributed by atoms with E-state index in [1.165, 1.54) is 18.5 Å². The number of carbonyl (C=O) groups excluding carboxylic acids is 1. The molecule has 0 aromatic heterocycles. The van der Waals surface area contributed by atoms with Crippen LogP contribution in [0.15, 0.2) is 71.6 Å². The third kappa shape index (κ3) is 5.89. The second-order valence-corrected chi connectivity index (χ2v) is 11.1. The van der Waals surface area contributed by atoms with E-state index in [0.29, 0.717) is 30.0 Å². The molecule has 0 unspecified atom stereocenters. The molecule has 0 atom stereocenters. The number of rotatable bonds is 8. The van der Waals surface area contributed by atoms with Crippen LogP contribution in [0.5, 0.6) is 11.5 Å². The van der Waals surface area contributed by atoms with E-state index in [2.05, 4.69) is 4.90 Å². The Kier molecular flexibility index (Phi) is 8.04. The van der Waals surface area contributed by atoms with Crippen LogP contribution in [0.3, 0.4) is 0 Å². The van der Waals surface area contributed by atoms with Gasteiger partial charge < -0.3 is 19.3 Å². The Balaban J connectivity index is 1.46. The lowest BCUT2D eigenvalue weighted by atomic mass is 10.1. The van der Waals surface area contributed by atoms with E-state index in [-0.39, 0.29) is 17.3 Å². The molecule has 1 aliphatic heterocycles. The lowest BCUT2D eigenvalue weighted by molar-refractivity contribution is 0.0746. The van der Waals surface area contributed by atoms with Gasteiger partial charge in [0.25, 0.3) is 5.91 Å². The number of amides is 1. The molecule has 0 saturated carbocycles. The van der Waals surface area contributed by atoms with Crippen molar-refractivity contribution in [2.45, 2.75) is 18.4 Å². The fraction of sp³-hybridized carbons (Fsp3) is 0.321. The van der Waals surface area contributed by atoms with Crippen molar-refractivity contribution < 1.29 is 22.7 Å². The zero-order chi connectivity index (χ0) is 26.6. The molecule has 4 rings (SSSR count). The van der Waals surface area contributed by atoms with E-state index in [1.54, 1.807) is 49.6 Å². The number of methoxy groups -OCH3 is 2. The van der Waals surface area contributed by atoms with Gasteiger partial charge in [-0.1, -0.05) is 17.7 Å². The monoisotopic (exact) mass is 523 g/mol. The van der Waals surface area contributed by atoms with E-state index in [9.17, 15) is 13.2 Å². The number of sulfonamides is 1. The molecule has 3 aromatic rings. The standard InChI is InChI=1S/C28H33N3O5S/c1-21-5-12-26(13-6-21)37(33,34)29(2)20-23-19-22(7-14-27(23)36-4)28(32)31-17-15-30(16-18-31)24-8-10-25(35-3)11-9-24/h5-14,19H,15-18,20H2,1-4H3. The van der Waals surface area contributed by atoms with Crippen molar-refractivity contribution in [1.82, 2.24) is 9.21 Å². The quantitative estimate of drug-likeness (QED) is 0.447. The molecule has 0 spiro atoms. The van der Waals surface area contributed by atoms with Gasteiger partial charge in [0.1, 0.15) is 11.5 Å². The average Bonchev–Trinajstić information content (AvgIpc) is 2.93. The first-order valence-corrected chi connectivity index (χ1v) is 13.5. The Morgan fingerprint density at radius 1 is 0.892 bits per heavy atom. The van der Waals surface area contributed by atoms with E-state index in [0.717, 1.165) is 30.1 Å². The fourth-order valence-electron chi connectivity index (χ4n) is 4.39. The summed E-state index contributed by atoms with van der Waals surface area (Å²) in [5.41, 5.74) is 3.22. The van der Waals surface area contributed by atoms with Gasteiger partial charge in [-0.25, -0.2) is 8.42 Å². The van der Waals surface area contributed by atoms with Crippen LogP contribution in [0.4, 0.5) is 5.69 Å². The normalized spacial score (nSPS) is 14.1. The average molecular weight is 524 g/mol. The SMILES string of the molecule is COc1ccc(N2CCN(C(=O)c3ccc(OC)c(CN(C)S(=O)(=O)c4ccc(C)cc4)c3)CC2)cc1. The molecular formula is C28H33N3O5S. The minimum atomic E-state index is -3.70. The molecule has 1 aliphatic rings. The molecule has 1 fully saturated rings. The maximum Gasteiger partial charge on any atom is 0.253 e. The fourth-order valence-corrected chi connectivity index (χ4v) is 5.54. The minimum absolute atomic E-state index is 0.0751. The highest BCUT2D eigenvalue weighted by atomic mass is 32.2. The predicted octanol–water partition coefficient (Wildman–Crippen LogP) is 3.80. The van der Waals surface area contributed by atoms with Crippen LogP contribution in [-0.4, -0.2) is 71.0 Å². The summed E-state index contributed by atoms with van der Waals surface area (Å²) < 4.78 is 38.2. The third-order valence-electron chi connectivity index (χ3n) is 6.65. The molecule has 0 N–H and O–H groups in total. The molecule has 37 heavy (non-hydrogen) atoms. The Morgan fingerprint density at radius 3 is 2.14 bits per heavy atom. The third-order valence-corrected chi connectivity index (χ3v) is 8.47. The highest BCUT2D eigenvalue weighted by Crippen LogP contribution is 2.26. The van der Waals surface area contributed by atoms with E-state index < -0.39 is 10.0 Å². The number of ether oxygens (including phenoxy) is 2. The van der Waals surface area contributed by atoms with Crippen molar-refractivity contribution >= 4 is 21.6 Å².